The first kappa shape index (κ1) is 17.1. The van der Waals surface area contributed by atoms with Crippen molar-refractivity contribution in [3.8, 4) is 0 Å². The fourth-order valence-corrected chi connectivity index (χ4v) is 0. The van der Waals surface area contributed by atoms with Crippen LogP contribution in [0.4, 0.5) is 4.79 Å². The number of carbonyl (C=O) groups is 1. The highest BCUT2D eigenvalue weighted by Gasteiger charge is 1.70. The van der Waals surface area contributed by atoms with Gasteiger partial charge in [0.05, 0.1) is 0 Å². The van der Waals surface area contributed by atoms with E-state index in [1.54, 1.807) is 0 Å². The predicted molar refractivity (Wildman–Crippen MR) is 20.0 cm³/mol. The molecule has 0 aromatic heterocycles. The zero-order chi connectivity index (χ0) is 3.58. The van der Waals surface area contributed by atoms with Gasteiger partial charge in [0, 0.05) is 17.4 Å². The van der Waals surface area contributed by atoms with E-state index >= 15 is 0 Å². The van der Waals surface area contributed by atoms with Crippen molar-refractivity contribution in [1.82, 2.24) is 0 Å². The quantitative estimate of drug-likeness (QED) is 0.390. The average molecular weight is 107 g/mol. The Hall–Kier alpha value is -0.238. The third kappa shape index (κ3) is 509. The smallest absolute Gasteiger partial charge is 0.450 e. The van der Waals surface area contributed by atoms with E-state index in [1.807, 2.05) is 0 Å². The largest absolute Gasteiger partial charge is 0.503 e. The maximum Gasteiger partial charge on any atom is 0.503 e. The minimum absolute atomic E-state index is 0. The fraction of sp³-hybridized carbons (Fsp3) is 0. The van der Waals surface area contributed by atoms with Gasteiger partial charge in [-0.3, -0.25) is 0 Å². The highest BCUT2D eigenvalue weighted by atomic mass is 27.0. The van der Waals surface area contributed by atoms with Gasteiger partial charge in [-0.05, 0) is 0 Å². The summed E-state index contributed by atoms with van der Waals surface area (Å²) >= 11 is 0. The Labute approximate surface area is 44.8 Å². The van der Waals surface area contributed by atoms with Gasteiger partial charge in [-0.1, -0.05) is 0 Å². The van der Waals surface area contributed by atoms with E-state index < -0.39 is 6.16 Å². The lowest BCUT2D eigenvalue weighted by Crippen LogP contribution is -1.81. The molecule has 0 bridgehead atoms. The Bertz CT molecular complexity index is 30.5. The zero-order valence-electron chi connectivity index (χ0n) is 2.88. The molecule has 3 radical (unpaired) electrons. The highest BCUT2D eigenvalue weighted by molar-refractivity contribution is 5.75. The number of hydrogen-bond donors (Lipinski definition) is 2. The second kappa shape index (κ2) is 8.83. The van der Waals surface area contributed by atoms with E-state index in [-0.39, 0.29) is 22.8 Å². The Morgan fingerprint density at radius 3 is 1.33 bits per heavy atom. The highest BCUT2D eigenvalue weighted by Crippen LogP contribution is 1.42. The lowest BCUT2D eigenvalue weighted by molar-refractivity contribution is 0.137. The second-order valence-electron chi connectivity index (χ2n) is 0.283. The van der Waals surface area contributed by atoms with Gasteiger partial charge in [0.1, 0.15) is 0 Å². The van der Waals surface area contributed by atoms with Crippen LogP contribution in [0.3, 0.4) is 0 Å². The first-order chi connectivity index (χ1) is 1.73. The molecule has 0 unspecified atom stereocenters. The van der Waals surface area contributed by atoms with Crippen molar-refractivity contribution in [2.45, 2.75) is 0 Å². The van der Waals surface area contributed by atoms with Gasteiger partial charge >= 0.3 is 6.16 Å². The molecule has 0 saturated carbocycles. The van der Waals surface area contributed by atoms with Gasteiger partial charge in [-0.2, -0.15) is 0 Å². The van der Waals surface area contributed by atoms with Crippen LogP contribution in [0.25, 0.3) is 0 Å². The molecule has 4 N–H and O–H groups in total. The monoisotopic (exact) mass is 107 g/mol. The van der Waals surface area contributed by atoms with Crippen LogP contribution in [0.1, 0.15) is 0 Å². The molecule has 6 heavy (non-hydrogen) atoms. The van der Waals surface area contributed by atoms with E-state index in [0.29, 0.717) is 0 Å². The molecule has 0 saturated heterocycles. The van der Waals surface area contributed by atoms with Crippen LogP contribution < -0.4 is 0 Å². The van der Waals surface area contributed by atoms with Crippen molar-refractivity contribution in [3.63, 3.8) is 0 Å². The van der Waals surface area contributed by atoms with Gasteiger partial charge in [0.2, 0.25) is 0 Å². The molecule has 0 fully saturated rings. The minimum Gasteiger partial charge on any atom is -0.450 e. The topological polar surface area (TPSA) is 89.0 Å². The molecule has 0 aliphatic rings. The molecular formula is CH4AlO4. The molecule has 0 heterocycles. The van der Waals surface area contributed by atoms with E-state index in [0.717, 1.165) is 0 Å². The van der Waals surface area contributed by atoms with Crippen LogP contribution in [0, 0.1) is 0 Å². The minimum atomic E-state index is -1.83. The van der Waals surface area contributed by atoms with Crippen molar-refractivity contribution in [2.24, 2.45) is 0 Å². The van der Waals surface area contributed by atoms with Crippen LogP contribution >= 0.6 is 0 Å². The SMILES string of the molecule is O.O=C(O)O.[Al]. The van der Waals surface area contributed by atoms with Crippen molar-refractivity contribution >= 4 is 23.5 Å². The van der Waals surface area contributed by atoms with Crippen LogP contribution in [-0.2, 0) is 0 Å². The summed E-state index contributed by atoms with van der Waals surface area (Å²) in [6.07, 6.45) is -1.83. The summed E-state index contributed by atoms with van der Waals surface area (Å²) in [6, 6.07) is 0. The Morgan fingerprint density at radius 1 is 1.33 bits per heavy atom. The summed E-state index contributed by atoms with van der Waals surface area (Å²) < 4.78 is 0. The van der Waals surface area contributed by atoms with E-state index in [1.165, 1.54) is 0 Å². The van der Waals surface area contributed by atoms with Crippen molar-refractivity contribution < 1.29 is 20.5 Å². The van der Waals surface area contributed by atoms with Gasteiger partial charge < -0.3 is 15.7 Å². The number of hydrogen-bond acceptors (Lipinski definition) is 1. The summed E-state index contributed by atoms with van der Waals surface area (Å²) in [5.74, 6) is 0. The van der Waals surface area contributed by atoms with E-state index in [9.17, 15) is 0 Å². The summed E-state index contributed by atoms with van der Waals surface area (Å²) in [5.41, 5.74) is 0. The lowest BCUT2D eigenvalue weighted by atomic mass is 11.5. The Balaban J connectivity index is -0.0000000450. The molecular weight excluding hydrogens is 103 g/mol. The van der Waals surface area contributed by atoms with Crippen LogP contribution in [0.2, 0.25) is 0 Å². The second-order valence-corrected chi connectivity index (χ2v) is 0.283. The molecule has 0 aliphatic heterocycles. The lowest BCUT2D eigenvalue weighted by Gasteiger charge is -1.60. The standard InChI is InChI=1S/CH2O3.Al.H2O/c2-1(3)4;;/h(H2,2,3,4);;1H2. The molecule has 0 aromatic carbocycles. The molecule has 5 heteroatoms. The predicted octanol–water partition coefficient (Wildman–Crippen LogP) is -0.983. The van der Waals surface area contributed by atoms with Crippen LogP contribution in [0.5, 0.6) is 0 Å². The Kier molecular flexibility index (Phi) is 25.2. The summed E-state index contributed by atoms with van der Waals surface area (Å²) in [5, 5.41) is 13.9. The fourth-order valence-electron chi connectivity index (χ4n) is 0. The first-order valence-electron chi connectivity index (χ1n) is 0.651. The van der Waals surface area contributed by atoms with Crippen LogP contribution in [0.15, 0.2) is 0 Å². The molecule has 35 valence electrons. The van der Waals surface area contributed by atoms with Crippen molar-refractivity contribution in [2.75, 3.05) is 0 Å². The number of rotatable bonds is 0. The maximum atomic E-state index is 8.56. The van der Waals surface area contributed by atoms with Gasteiger partial charge in [0.15, 0.2) is 0 Å². The third-order valence-electron chi connectivity index (χ3n) is 0. The average Bonchev–Trinajstić information content (AvgIpc) is 0.811. The zero-order valence-corrected chi connectivity index (χ0v) is 4.03. The third-order valence-corrected chi connectivity index (χ3v) is 0. The molecule has 0 aromatic rings. The summed E-state index contributed by atoms with van der Waals surface area (Å²) in [4.78, 5) is 8.56. The van der Waals surface area contributed by atoms with Gasteiger partial charge in [0.25, 0.3) is 0 Å². The Morgan fingerprint density at radius 2 is 1.33 bits per heavy atom. The maximum absolute atomic E-state index is 8.56. The molecule has 0 spiro atoms. The molecule has 0 atom stereocenters. The molecule has 4 nitrogen and oxygen atoms in total. The van der Waals surface area contributed by atoms with E-state index in [4.69, 9.17) is 15.0 Å². The van der Waals surface area contributed by atoms with Crippen molar-refractivity contribution in [1.29, 1.82) is 0 Å². The van der Waals surface area contributed by atoms with Crippen molar-refractivity contribution in [3.05, 3.63) is 0 Å². The molecule has 0 aliphatic carbocycles. The molecule has 0 amide bonds. The van der Waals surface area contributed by atoms with Crippen LogP contribution in [-0.4, -0.2) is 39.2 Å². The first-order valence-corrected chi connectivity index (χ1v) is 0.651. The normalized spacial score (nSPS) is 4.00. The molecule has 0 rings (SSSR count). The van der Waals surface area contributed by atoms with E-state index in [2.05, 4.69) is 0 Å². The van der Waals surface area contributed by atoms with Gasteiger partial charge in [-0.25, -0.2) is 4.79 Å². The number of carboxylic acid groups (broad SMARTS) is 2. The summed E-state index contributed by atoms with van der Waals surface area (Å²) in [7, 11) is 0. The van der Waals surface area contributed by atoms with Gasteiger partial charge in [-0.15, -0.1) is 0 Å². The summed E-state index contributed by atoms with van der Waals surface area (Å²) in [6.45, 7) is 0.